The lowest BCUT2D eigenvalue weighted by Crippen LogP contribution is -2.34. The molecule has 0 saturated carbocycles. The van der Waals surface area contributed by atoms with E-state index in [-0.39, 0.29) is 0 Å². The fourth-order valence-electron chi connectivity index (χ4n) is 5.16. The van der Waals surface area contributed by atoms with Crippen molar-refractivity contribution in [1.82, 2.24) is 0 Å². The Balaban J connectivity index is 1.34. The van der Waals surface area contributed by atoms with Gasteiger partial charge >= 0.3 is 7.60 Å². The first-order valence-electron chi connectivity index (χ1n) is 15.5. The standard InChI is InChI=1S/C38H41NO5P/c1-3-43-45(40,44-4-2)27-13-25-39-26-24-34(35-18-11-12-19-36(35)39)22-20-31-21-23-37(41-29-32-14-7-5-8-15-32)38(28-31)42-30-33-16-9-6-10-17-33/h5-12,14-24,26,28H,3-4,13,25,27,29-30H2,1-2H3/q+1. The lowest BCUT2D eigenvalue weighted by atomic mass is 10.1. The average molecular weight is 623 g/mol. The molecule has 0 bridgehead atoms. The van der Waals surface area contributed by atoms with Crippen LogP contribution in [0.25, 0.3) is 23.1 Å². The zero-order chi connectivity index (χ0) is 31.3. The quantitative estimate of drug-likeness (QED) is 0.0812. The number of ether oxygens (including phenoxy) is 2. The van der Waals surface area contributed by atoms with Gasteiger partial charge in [-0.25, -0.2) is 0 Å². The minimum absolute atomic E-state index is 0.373. The molecule has 0 spiro atoms. The Bertz CT molecular complexity index is 1730. The van der Waals surface area contributed by atoms with Crippen molar-refractivity contribution in [2.24, 2.45) is 0 Å². The smallest absolute Gasteiger partial charge is 0.330 e. The van der Waals surface area contributed by atoms with Crippen LogP contribution in [0.3, 0.4) is 0 Å². The average Bonchev–Trinajstić information content (AvgIpc) is 3.07. The fourth-order valence-corrected chi connectivity index (χ4v) is 6.81. The van der Waals surface area contributed by atoms with Crippen LogP contribution >= 0.6 is 7.60 Å². The summed E-state index contributed by atoms with van der Waals surface area (Å²) in [5.74, 6) is 1.40. The van der Waals surface area contributed by atoms with E-state index in [1.165, 1.54) is 0 Å². The number of benzene rings is 4. The molecular formula is C38H41NO5P+. The molecule has 0 fully saturated rings. The first-order chi connectivity index (χ1) is 22.1. The molecule has 6 nitrogen and oxygen atoms in total. The van der Waals surface area contributed by atoms with E-state index in [2.05, 4.69) is 71.4 Å². The van der Waals surface area contributed by atoms with Crippen LogP contribution in [-0.4, -0.2) is 19.4 Å². The number of rotatable bonds is 16. The van der Waals surface area contributed by atoms with Gasteiger partial charge < -0.3 is 18.5 Å². The second kappa shape index (κ2) is 16.2. The topological polar surface area (TPSA) is 57.9 Å². The molecule has 0 N–H and O–H groups in total. The van der Waals surface area contributed by atoms with E-state index in [1.54, 1.807) is 0 Å². The van der Waals surface area contributed by atoms with Crippen LogP contribution in [-0.2, 0) is 33.4 Å². The van der Waals surface area contributed by atoms with E-state index in [0.717, 1.165) is 33.2 Å². The maximum Gasteiger partial charge on any atom is 0.330 e. The van der Waals surface area contributed by atoms with Gasteiger partial charge in [0.15, 0.2) is 17.7 Å². The summed E-state index contributed by atoms with van der Waals surface area (Å²) >= 11 is 0. The third-order valence-corrected chi connectivity index (χ3v) is 9.51. The molecule has 0 aliphatic rings. The summed E-state index contributed by atoms with van der Waals surface area (Å²) in [6.07, 6.45) is 7.39. The van der Waals surface area contributed by atoms with E-state index in [9.17, 15) is 4.57 Å². The SMILES string of the molecule is CCOP(=O)(CCC[n+]1ccc(C=Cc2ccc(OCc3ccccc3)c(OCc3ccccc3)c2)c2ccccc21)OCC. The Morgan fingerprint density at radius 3 is 1.98 bits per heavy atom. The van der Waals surface area contributed by atoms with E-state index in [4.69, 9.17) is 18.5 Å². The van der Waals surface area contributed by atoms with E-state index < -0.39 is 7.60 Å². The predicted molar refractivity (Wildman–Crippen MR) is 181 cm³/mol. The largest absolute Gasteiger partial charge is 0.485 e. The summed E-state index contributed by atoms with van der Waals surface area (Å²) in [7, 11) is -3.07. The van der Waals surface area contributed by atoms with Gasteiger partial charge in [0.05, 0.1) is 24.8 Å². The van der Waals surface area contributed by atoms with Crippen molar-refractivity contribution >= 4 is 30.7 Å². The van der Waals surface area contributed by atoms with Gasteiger partial charge in [0, 0.05) is 18.6 Å². The summed E-state index contributed by atoms with van der Waals surface area (Å²) in [6, 6.07) is 36.8. The van der Waals surface area contributed by atoms with Crippen LogP contribution in [0.1, 0.15) is 42.5 Å². The van der Waals surface area contributed by atoms with Gasteiger partial charge in [-0.1, -0.05) is 91.0 Å². The van der Waals surface area contributed by atoms with Crippen molar-refractivity contribution in [2.45, 2.75) is 40.0 Å². The minimum Gasteiger partial charge on any atom is -0.485 e. The summed E-state index contributed by atoms with van der Waals surface area (Å²) in [5, 5.41) is 1.14. The Hall–Kier alpha value is -4.22. The van der Waals surface area contributed by atoms with Crippen LogP contribution in [0.4, 0.5) is 0 Å². The molecule has 0 aliphatic heterocycles. The molecule has 45 heavy (non-hydrogen) atoms. The molecule has 4 aromatic carbocycles. The Morgan fingerprint density at radius 2 is 1.31 bits per heavy atom. The van der Waals surface area contributed by atoms with Crippen LogP contribution in [0, 0.1) is 0 Å². The molecule has 0 amide bonds. The molecular weight excluding hydrogens is 581 g/mol. The number of hydrogen-bond donors (Lipinski definition) is 0. The highest BCUT2D eigenvalue weighted by Crippen LogP contribution is 2.48. The van der Waals surface area contributed by atoms with Crippen molar-refractivity contribution < 1.29 is 27.7 Å². The third kappa shape index (κ3) is 9.15. The van der Waals surface area contributed by atoms with Gasteiger partial charge in [-0.3, -0.25) is 4.57 Å². The van der Waals surface area contributed by atoms with Gasteiger partial charge in [0.25, 0.3) is 0 Å². The van der Waals surface area contributed by atoms with Gasteiger partial charge in [0.2, 0.25) is 5.52 Å². The molecule has 232 valence electrons. The van der Waals surface area contributed by atoms with Crippen molar-refractivity contribution in [2.75, 3.05) is 19.4 Å². The highest BCUT2D eigenvalue weighted by atomic mass is 31.2. The highest BCUT2D eigenvalue weighted by Gasteiger charge is 2.24. The summed E-state index contributed by atoms with van der Waals surface area (Å²) in [5.41, 5.74) is 5.41. The molecule has 1 heterocycles. The highest BCUT2D eigenvalue weighted by molar-refractivity contribution is 7.53. The summed E-state index contributed by atoms with van der Waals surface area (Å²) in [6.45, 7) is 6.05. The summed E-state index contributed by atoms with van der Waals surface area (Å²) < 4.78 is 38.5. The van der Waals surface area contributed by atoms with E-state index >= 15 is 0 Å². The first kappa shape index (κ1) is 32.2. The van der Waals surface area contributed by atoms with Gasteiger partial charge in [0.1, 0.15) is 19.8 Å². The number of nitrogens with zero attached hydrogens (tertiary/aromatic N) is 1. The van der Waals surface area contributed by atoms with Crippen LogP contribution in [0.15, 0.2) is 115 Å². The zero-order valence-corrected chi connectivity index (χ0v) is 26.9. The zero-order valence-electron chi connectivity index (χ0n) is 26.0. The third-order valence-electron chi connectivity index (χ3n) is 7.34. The second-order valence-corrected chi connectivity index (χ2v) is 12.8. The molecule has 0 saturated heterocycles. The molecule has 0 aliphatic carbocycles. The number of fused-ring (bicyclic) bond motifs is 1. The minimum atomic E-state index is -3.07. The van der Waals surface area contributed by atoms with Gasteiger partial charge in [-0.05, 0) is 54.3 Å². The normalized spacial score (nSPS) is 11.7. The molecule has 0 atom stereocenters. The number of pyridine rings is 1. The van der Waals surface area contributed by atoms with Crippen LogP contribution in [0.2, 0.25) is 0 Å². The van der Waals surface area contributed by atoms with Crippen LogP contribution < -0.4 is 14.0 Å². The second-order valence-electron chi connectivity index (χ2n) is 10.6. The maximum absolute atomic E-state index is 12.9. The fraction of sp³-hybridized carbons (Fsp3) is 0.237. The Kier molecular flexibility index (Phi) is 11.6. The molecule has 1 aromatic heterocycles. The Labute approximate surface area is 266 Å². The molecule has 0 unspecified atom stereocenters. The predicted octanol–water partition coefficient (Wildman–Crippen LogP) is 9.11. The first-order valence-corrected chi connectivity index (χ1v) is 17.2. The van der Waals surface area contributed by atoms with Gasteiger partial charge in [-0.15, -0.1) is 0 Å². The molecule has 5 aromatic rings. The monoisotopic (exact) mass is 622 g/mol. The molecule has 7 heteroatoms. The van der Waals surface area contributed by atoms with Crippen molar-refractivity contribution in [3.8, 4) is 11.5 Å². The maximum atomic E-state index is 12.9. The Morgan fingerprint density at radius 1 is 0.689 bits per heavy atom. The van der Waals surface area contributed by atoms with Gasteiger partial charge in [-0.2, -0.15) is 4.57 Å². The van der Waals surface area contributed by atoms with Crippen molar-refractivity contribution in [3.63, 3.8) is 0 Å². The number of hydrogen-bond acceptors (Lipinski definition) is 5. The number of aromatic nitrogens is 1. The van der Waals surface area contributed by atoms with Crippen LogP contribution in [0.5, 0.6) is 11.5 Å². The molecule has 0 radical (unpaired) electrons. The lowest BCUT2D eigenvalue weighted by Gasteiger charge is -2.16. The van der Waals surface area contributed by atoms with E-state index in [0.29, 0.717) is 57.1 Å². The van der Waals surface area contributed by atoms with E-state index in [1.807, 2.05) is 74.5 Å². The number of aryl methyl sites for hydroxylation is 1. The molecule has 5 rings (SSSR count). The number of para-hydroxylation sites is 1. The lowest BCUT2D eigenvalue weighted by molar-refractivity contribution is -0.671. The van der Waals surface area contributed by atoms with Crippen molar-refractivity contribution in [1.29, 1.82) is 0 Å². The summed E-state index contributed by atoms with van der Waals surface area (Å²) in [4.78, 5) is 0. The van der Waals surface area contributed by atoms with Crippen molar-refractivity contribution in [3.05, 3.63) is 138 Å².